The monoisotopic (exact) mass is 365 g/mol. The Bertz CT molecular complexity index is 925. The third-order valence-electron chi connectivity index (χ3n) is 4.32. The summed E-state index contributed by atoms with van der Waals surface area (Å²) in [6, 6.07) is 8.62. The molecule has 3 aromatic rings. The highest BCUT2D eigenvalue weighted by Crippen LogP contribution is 2.29. The zero-order valence-electron chi connectivity index (χ0n) is 14.5. The zero-order chi connectivity index (χ0) is 17.9. The molecule has 1 aliphatic heterocycles. The number of benzene rings is 1. The Kier molecular flexibility index (Phi) is 4.73. The lowest BCUT2D eigenvalue weighted by molar-refractivity contribution is 0.102. The largest absolute Gasteiger partial charge is 0.296 e. The average molecular weight is 365 g/mol. The molecule has 26 heavy (non-hydrogen) atoms. The molecule has 0 saturated heterocycles. The van der Waals surface area contributed by atoms with Crippen LogP contribution >= 0.6 is 11.3 Å². The minimum Gasteiger partial charge on any atom is -0.296 e. The van der Waals surface area contributed by atoms with Gasteiger partial charge in [-0.3, -0.25) is 20.0 Å². The minimum absolute atomic E-state index is 0.277. The van der Waals surface area contributed by atoms with Gasteiger partial charge in [0.15, 0.2) is 5.13 Å². The lowest BCUT2D eigenvalue weighted by Gasteiger charge is -2.25. The molecule has 6 nitrogen and oxygen atoms in total. The SMILES string of the molecule is Cc1cccc(CN2CCc3nc(NC(=O)c4cnccn4)sc3C2)c1. The summed E-state index contributed by atoms with van der Waals surface area (Å²) >= 11 is 1.54. The third kappa shape index (κ3) is 3.79. The molecule has 1 N–H and O–H groups in total. The number of nitrogens with zero attached hydrogens (tertiary/aromatic N) is 4. The van der Waals surface area contributed by atoms with Crippen LogP contribution in [0.1, 0.15) is 32.2 Å². The highest BCUT2D eigenvalue weighted by Gasteiger charge is 2.22. The molecule has 132 valence electrons. The topological polar surface area (TPSA) is 71.0 Å². The first kappa shape index (κ1) is 16.8. The molecule has 2 aromatic heterocycles. The summed E-state index contributed by atoms with van der Waals surface area (Å²) in [5.41, 5.74) is 3.99. The summed E-state index contributed by atoms with van der Waals surface area (Å²) < 4.78 is 0. The van der Waals surface area contributed by atoms with E-state index >= 15 is 0 Å². The molecular formula is C19H19N5OS. The molecule has 0 fully saturated rings. The third-order valence-corrected chi connectivity index (χ3v) is 5.31. The van der Waals surface area contributed by atoms with Crippen LogP contribution in [-0.4, -0.2) is 32.3 Å². The molecule has 0 atom stereocenters. The summed E-state index contributed by atoms with van der Waals surface area (Å²) in [7, 11) is 0. The van der Waals surface area contributed by atoms with Crippen molar-refractivity contribution < 1.29 is 4.79 Å². The number of carbonyl (C=O) groups is 1. The number of nitrogens with one attached hydrogen (secondary N) is 1. The van der Waals surface area contributed by atoms with Gasteiger partial charge in [-0.25, -0.2) is 9.97 Å². The van der Waals surface area contributed by atoms with Crippen LogP contribution in [0.3, 0.4) is 0 Å². The van der Waals surface area contributed by atoms with E-state index in [4.69, 9.17) is 0 Å². The van der Waals surface area contributed by atoms with E-state index in [1.54, 1.807) is 17.5 Å². The molecule has 1 aromatic carbocycles. The smallest absolute Gasteiger partial charge is 0.277 e. The Labute approximate surface area is 155 Å². The van der Waals surface area contributed by atoms with Crippen LogP contribution in [0.25, 0.3) is 0 Å². The maximum atomic E-state index is 12.2. The van der Waals surface area contributed by atoms with Gasteiger partial charge in [0.1, 0.15) is 5.69 Å². The van der Waals surface area contributed by atoms with Gasteiger partial charge in [-0.1, -0.05) is 29.8 Å². The number of anilines is 1. The number of thiazole rings is 1. The molecule has 0 saturated carbocycles. The van der Waals surface area contributed by atoms with Gasteiger partial charge in [-0.15, -0.1) is 11.3 Å². The van der Waals surface area contributed by atoms with Crippen LogP contribution in [0.15, 0.2) is 42.9 Å². The maximum Gasteiger partial charge on any atom is 0.277 e. The lowest BCUT2D eigenvalue weighted by atomic mass is 10.1. The van der Waals surface area contributed by atoms with E-state index in [1.807, 2.05) is 0 Å². The lowest BCUT2D eigenvalue weighted by Crippen LogP contribution is -2.29. The summed E-state index contributed by atoms with van der Waals surface area (Å²) in [5, 5.41) is 3.46. The standard InChI is InChI=1S/C19H19N5OS/c1-13-3-2-4-14(9-13)11-24-8-5-15-17(12-24)26-19(22-15)23-18(25)16-10-20-6-7-21-16/h2-4,6-7,9-10H,5,8,11-12H2,1H3,(H,22,23,25). The van der Waals surface area contributed by atoms with Gasteiger partial charge in [0.05, 0.1) is 11.9 Å². The Balaban J connectivity index is 1.43. The van der Waals surface area contributed by atoms with Gasteiger partial charge >= 0.3 is 0 Å². The van der Waals surface area contributed by atoms with E-state index < -0.39 is 0 Å². The van der Waals surface area contributed by atoms with Gasteiger partial charge in [0.2, 0.25) is 0 Å². The fourth-order valence-corrected chi connectivity index (χ4v) is 4.13. The fraction of sp³-hybridized carbons (Fsp3) is 0.263. The molecule has 0 radical (unpaired) electrons. The highest BCUT2D eigenvalue weighted by atomic mass is 32.1. The van der Waals surface area contributed by atoms with Gasteiger partial charge < -0.3 is 0 Å². The van der Waals surface area contributed by atoms with Crippen molar-refractivity contribution in [3.63, 3.8) is 0 Å². The second-order valence-electron chi connectivity index (χ2n) is 6.38. The normalized spacial score (nSPS) is 14.0. The number of aryl methyl sites for hydroxylation is 1. The molecule has 1 amide bonds. The van der Waals surface area contributed by atoms with Crippen molar-refractivity contribution in [1.29, 1.82) is 0 Å². The molecule has 1 aliphatic rings. The first-order valence-electron chi connectivity index (χ1n) is 8.51. The minimum atomic E-state index is -0.277. The Hall–Kier alpha value is -2.64. The summed E-state index contributed by atoms with van der Waals surface area (Å²) in [6.07, 6.45) is 5.40. The molecule has 0 aliphatic carbocycles. The van der Waals surface area contributed by atoms with Gasteiger partial charge in [-0.2, -0.15) is 0 Å². The van der Waals surface area contributed by atoms with Gasteiger partial charge in [-0.05, 0) is 12.5 Å². The first-order chi connectivity index (χ1) is 12.7. The molecule has 7 heteroatoms. The predicted molar refractivity (Wildman–Crippen MR) is 101 cm³/mol. The van der Waals surface area contributed by atoms with Crippen molar-refractivity contribution in [2.45, 2.75) is 26.4 Å². The van der Waals surface area contributed by atoms with Crippen LogP contribution in [0.5, 0.6) is 0 Å². The molecule has 0 bridgehead atoms. The van der Waals surface area contributed by atoms with Crippen molar-refractivity contribution in [3.8, 4) is 0 Å². The van der Waals surface area contributed by atoms with E-state index in [1.165, 1.54) is 28.4 Å². The highest BCUT2D eigenvalue weighted by molar-refractivity contribution is 7.15. The number of amides is 1. The molecule has 0 spiro atoms. The number of fused-ring (bicyclic) bond motifs is 1. The van der Waals surface area contributed by atoms with Crippen LogP contribution in [-0.2, 0) is 19.5 Å². The van der Waals surface area contributed by atoms with Crippen LogP contribution in [0.2, 0.25) is 0 Å². The Morgan fingerprint density at radius 1 is 1.35 bits per heavy atom. The zero-order valence-corrected chi connectivity index (χ0v) is 15.3. The summed E-state index contributed by atoms with van der Waals surface area (Å²) in [6.45, 7) is 4.89. The fourth-order valence-electron chi connectivity index (χ4n) is 3.08. The van der Waals surface area contributed by atoms with Crippen molar-refractivity contribution in [3.05, 3.63) is 70.2 Å². The Morgan fingerprint density at radius 2 is 2.27 bits per heavy atom. The molecule has 0 unspecified atom stereocenters. The average Bonchev–Trinajstić information content (AvgIpc) is 3.04. The molecular weight excluding hydrogens is 346 g/mol. The summed E-state index contributed by atoms with van der Waals surface area (Å²) in [4.78, 5) is 28.4. The first-order valence-corrected chi connectivity index (χ1v) is 9.33. The van der Waals surface area contributed by atoms with Crippen molar-refractivity contribution in [2.24, 2.45) is 0 Å². The van der Waals surface area contributed by atoms with E-state index in [0.29, 0.717) is 10.8 Å². The van der Waals surface area contributed by atoms with Crippen molar-refractivity contribution in [2.75, 3.05) is 11.9 Å². The van der Waals surface area contributed by atoms with E-state index in [-0.39, 0.29) is 5.91 Å². The van der Waals surface area contributed by atoms with Crippen LogP contribution in [0.4, 0.5) is 5.13 Å². The summed E-state index contributed by atoms with van der Waals surface area (Å²) in [5.74, 6) is -0.277. The number of aromatic nitrogens is 3. The van der Waals surface area contributed by atoms with E-state index in [0.717, 1.165) is 31.7 Å². The molecule has 4 rings (SSSR count). The Morgan fingerprint density at radius 3 is 3.08 bits per heavy atom. The predicted octanol–water partition coefficient (Wildman–Crippen LogP) is 3.05. The number of rotatable bonds is 4. The number of hydrogen-bond donors (Lipinski definition) is 1. The number of carbonyl (C=O) groups excluding carboxylic acids is 1. The maximum absolute atomic E-state index is 12.2. The number of hydrogen-bond acceptors (Lipinski definition) is 6. The van der Waals surface area contributed by atoms with Crippen LogP contribution in [0, 0.1) is 6.92 Å². The van der Waals surface area contributed by atoms with Crippen LogP contribution < -0.4 is 5.32 Å². The second kappa shape index (κ2) is 7.31. The van der Waals surface area contributed by atoms with E-state index in [2.05, 4.69) is 56.4 Å². The van der Waals surface area contributed by atoms with Gasteiger partial charge in [0.25, 0.3) is 5.91 Å². The van der Waals surface area contributed by atoms with Crippen molar-refractivity contribution >= 4 is 22.4 Å². The van der Waals surface area contributed by atoms with Gasteiger partial charge in [0, 0.05) is 43.3 Å². The van der Waals surface area contributed by atoms with E-state index in [9.17, 15) is 4.79 Å². The van der Waals surface area contributed by atoms with Crippen molar-refractivity contribution in [1.82, 2.24) is 19.9 Å². The second-order valence-corrected chi connectivity index (χ2v) is 7.47. The molecule has 3 heterocycles. The quantitative estimate of drug-likeness (QED) is 0.769.